The average Bonchev–Trinajstić information content (AvgIpc) is 3.23. The number of nitrogens with one attached hydrogen (secondary N) is 1. The monoisotopic (exact) mass is 236 g/mol. The fraction of sp³-hybridized carbons (Fsp3) is 0.929. The molecule has 1 spiro atoms. The highest BCUT2D eigenvalue weighted by molar-refractivity contribution is 5.83. The summed E-state index contributed by atoms with van der Waals surface area (Å²) in [5.41, 5.74) is 0.406. The molecule has 1 N–H and O–H groups in total. The van der Waals surface area contributed by atoms with Gasteiger partial charge in [0.2, 0.25) is 5.91 Å². The molecule has 0 aromatic rings. The quantitative estimate of drug-likeness (QED) is 0.807. The lowest BCUT2D eigenvalue weighted by atomic mass is 9.91. The molecule has 0 aromatic heterocycles. The van der Waals surface area contributed by atoms with Crippen LogP contribution in [0.3, 0.4) is 0 Å². The van der Waals surface area contributed by atoms with Crippen molar-refractivity contribution in [2.24, 2.45) is 11.3 Å². The fourth-order valence-corrected chi connectivity index (χ4v) is 3.47. The molecular formula is C14H24N2O. The zero-order valence-electron chi connectivity index (χ0n) is 10.9. The molecule has 0 aromatic carbocycles. The van der Waals surface area contributed by atoms with Crippen molar-refractivity contribution in [1.82, 2.24) is 10.2 Å². The maximum atomic E-state index is 12.6. The van der Waals surface area contributed by atoms with E-state index in [-0.39, 0.29) is 0 Å². The number of hydrogen-bond acceptors (Lipinski definition) is 2. The number of amides is 1. The Balaban J connectivity index is 1.62. The van der Waals surface area contributed by atoms with Gasteiger partial charge in [-0.15, -0.1) is 0 Å². The second kappa shape index (κ2) is 4.27. The van der Waals surface area contributed by atoms with Crippen LogP contribution in [-0.2, 0) is 4.79 Å². The molecule has 2 aliphatic carbocycles. The SMILES string of the molecule is CCCN(C(=O)C1CC12CCNCC2)C1CC1. The van der Waals surface area contributed by atoms with E-state index in [0.29, 0.717) is 23.3 Å². The summed E-state index contributed by atoms with van der Waals surface area (Å²) in [4.78, 5) is 14.8. The van der Waals surface area contributed by atoms with Crippen molar-refractivity contribution in [3.63, 3.8) is 0 Å². The molecule has 17 heavy (non-hydrogen) atoms. The molecule has 3 fully saturated rings. The maximum absolute atomic E-state index is 12.6. The summed E-state index contributed by atoms with van der Waals surface area (Å²) in [5, 5.41) is 3.40. The molecule has 1 saturated heterocycles. The smallest absolute Gasteiger partial charge is 0.226 e. The van der Waals surface area contributed by atoms with Gasteiger partial charge in [0, 0.05) is 18.5 Å². The highest BCUT2D eigenvalue weighted by atomic mass is 16.2. The standard InChI is InChI=1S/C14H24N2O/c1-2-9-16(11-3-4-11)13(17)12-10-14(12)5-7-15-8-6-14/h11-12,15H,2-10H2,1H3. The van der Waals surface area contributed by atoms with Crippen molar-refractivity contribution in [2.45, 2.75) is 51.5 Å². The molecule has 1 heterocycles. The second-order valence-corrected chi connectivity index (χ2v) is 6.13. The predicted octanol–water partition coefficient (Wildman–Crippen LogP) is 1.78. The summed E-state index contributed by atoms with van der Waals surface area (Å²) < 4.78 is 0. The predicted molar refractivity (Wildman–Crippen MR) is 67.7 cm³/mol. The summed E-state index contributed by atoms with van der Waals surface area (Å²) in [5.74, 6) is 0.855. The minimum atomic E-state index is 0.372. The van der Waals surface area contributed by atoms with E-state index < -0.39 is 0 Å². The van der Waals surface area contributed by atoms with Crippen molar-refractivity contribution in [3.8, 4) is 0 Å². The minimum absolute atomic E-state index is 0.372. The van der Waals surface area contributed by atoms with Crippen molar-refractivity contribution >= 4 is 5.91 Å². The van der Waals surface area contributed by atoms with Gasteiger partial charge in [0.15, 0.2) is 0 Å². The lowest BCUT2D eigenvalue weighted by molar-refractivity contribution is -0.134. The molecule has 0 bridgehead atoms. The maximum Gasteiger partial charge on any atom is 0.226 e. The Morgan fingerprint density at radius 3 is 2.65 bits per heavy atom. The number of nitrogens with zero attached hydrogens (tertiary/aromatic N) is 1. The zero-order chi connectivity index (χ0) is 11.9. The van der Waals surface area contributed by atoms with Crippen LogP contribution in [0, 0.1) is 11.3 Å². The molecule has 96 valence electrons. The van der Waals surface area contributed by atoms with Gasteiger partial charge in [0.1, 0.15) is 0 Å². The zero-order valence-corrected chi connectivity index (χ0v) is 10.9. The lowest BCUT2D eigenvalue weighted by Crippen LogP contribution is -2.38. The van der Waals surface area contributed by atoms with Gasteiger partial charge in [-0.05, 0) is 57.0 Å². The first-order valence-corrected chi connectivity index (χ1v) is 7.28. The van der Waals surface area contributed by atoms with E-state index in [1.165, 1.54) is 32.1 Å². The van der Waals surface area contributed by atoms with Gasteiger partial charge in [-0.25, -0.2) is 0 Å². The summed E-state index contributed by atoms with van der Waals surface area (Å²) in [6.45, 7) is 5.38. The van der Waals surface area contributed by atoms with E-state index >= 15 is 0 Å². The summed E-state index contributed by atoms with van der Waals surface area (Å²) >= 11 is 0. The molecule has 3 heteroatoms. The molecule has 3 nitrogen and oxygen atoms in total. The van der Waals surface area contributed by atoms with Crippen LogP contribution in [0.5, 0.6) is 0 Å². The molecule has 1 aliphatic heterocycles. The fourth-order valence-electron chi connectivity index (χ4n) is 3.47. The first kappa shape index (κ1) is 11.5. The first-order valence-electron chi connectivity index (χ1n) is 7.28. The van der Waals surface area contributed by atoms with E-state index in [1.54, 1.807) is 0 Å². The van der Waals surface area contributed by atoms with Crippen LogP contribution < -0.4 is 5.32 Å². The van der Waals surface area contributed by atoms with E-state index in [2.05, 4.69) is 17.1 Å². The van der Waals surface area contributed by atoms with Crippen molar-refractivity contribution in [2.75, 3.05) is 19.6 Å². The third-order valence-electron chi connectivity index (χ3n) is 4.82. The van der Waals surface area contributed by atoms with Crippen LogP contribution in [-0.4, -0.2) is 36.5 Å². The van der Waals surface area contributed by atoms with Crippen molar-refractivity contribution in [3.05, 3.63) is 0 Å². The minimum Gasteiger partial charge on any atom is -0.339 e. The third kappa shape index (κ3) is 2.10. The third-order valence-corrected chi connectivity index (χ3v) is 4.82. The van der Waals surface area contributed by atoms with Gasteiger partial charge in [-0.2, -0.15) is 0 Å². The Hall–Kier alpha value is -0.570. The molecule has 2 saturated carbocycles. The molecular weight excluding hydrogens is 212 g/mol. The average molecular weight is 236 g/mol. The molecule has 1 atom stereocenters. The van der Waals surface area contributed by atoms with E-state index in [0.717, 1.165) is 26.1 Å². The molecule has 3 rings (SSSR count). The van der Waals surface area contributed by atoms with Crippen LogP contribution in [0.15, 0.2) is 0 Å². The van der Waals surface area contributed by atoms with Gasteiger partial charge in [-0.3, -0.25) is 4.79 Å². The summed E-state index contributed by atoms with van der Waals surface area (Å²) in [6.07, 6.45) is 7.19. The summed E-state index contributed by atoms with van der Waals surface area (Å²) in [7, 11) is 0. The highest BCUT2D eigenvalue weighted by Gasteiger charge is 2.59. The Bertz CT molecular complexity index is 305. The van der Waals surface area contributed by atoms with Crippen molar-refractivity contribution < 1.29 is 4.79 Å². The largest absolute Gasteiger partial charge is 0.339 e. The lowest BCUT2D eigenvalue weighted by Gasteiger charge is -2.27. The topological polar surface area (TPSA) is 32.3 Å². The Kier molecular flexibility index (Phi) is 2.89. The summed E-state index contributed by atoms with van der Waals surface area (Å²) in [6, 6.07) is 0.599. The van der Waals surface area contributed by atoms with E-state index in [4.69, 9.17) is 0 Å². The van der Waals surface area contributed by atoms with Gasteiger partial charge in [0.25, 0.3) is 0 Å². The number of piperidine rings is 1. The van der Waals surface area contributed by atoms with E-state index in [9.17, 15) is 4.79 Å². The Morgan fingerprint density at radius 2 is 2.06 bits per heavy atom. The van der Waals surface area contributed by atoms with E-state index in [1.807, 2.05) is 0 Å². The molecule has 1 amide bonds. The number of rotatable bonds is 4. The first-order chi connectivity index (χ1) is 8.27. The van der Waals surface area contributed by atoms with Crippen LogP contribution in [0.4, 0.5) is 0 Å². The van der Waals surface area contributed by atoms with Crippen molar-refractivity contribution in [1.29, 1.82) is 0 Å². The Labute approximate surface area is 104 Å². The molecule has 0 radical (unpaired) electrons. The van der Waals surface area contributed by atoms with Crippen LogP contribution >= 0.6 is 0 Å². The van der Waals surface area contributed by atoms with Gasteiger partial charge in [-0.1, -0.05) is 6.92 Å². The Morgan fingerprint density at radius 1 is 1.35 bits per heavy atom. The van der Waals surface area contributed by atoms with Crippen LogP contribution in [0.1, 0.15) is 45.4 Å². The number of hydrogen-bond donors (Lipinski definition) is 1. The number of carbonyl (C=O) groups is 1. The van der Waals surface area contributed by atoms with Gasteiger partial charge < -0.3 is 10.2 Å². The second-order valence-electron chi connectivity index (χ2n) is 6.13. The van der Waals surface area contributed by atoms with Gasteiger partial charge in [0.05, 0.1) is 0 Å². The molecule has 3 aliphatic rings. The van der Waals surface area contributed by atoms with Gasteiger partial charge >= 0.3 is 0 Å². The van der Waals surface area contributed by atoms with Crippen LogP contribution in [0.25, 0.3) is 0 Å². The highest BCUT2D eigenvalue weighted by Crippen LogP contribution is 2.59. The molecule has 1 unspecified atom stereocenters. The number of carbonyl (C=O) groups excluding carboxylic acids is 1. The van der Waals surface area contributed by atoms with Crippen LogP contribution in [0.2, 0.25) is 0 Å². The normalized spacial score (nSPS) is 30.3.